The maximum atomic E-state index is 12.2. The van der Waals surface area contributed by atoms with Crippen LogP contribution in [0.15, 0.2) is 0 Å². The molecule has 1 rings (SSSR count). The van der Waals surface area contributed by atoms with Crippen LogP contribution in [-0.2, 0) is 9.59 Å². The minimum absolute atomic E-state index is 0.000417. The largest absolute Gasteiger partial charge is 0.344 e. The van der Waals surface area contributed by atoms with Gasteiger partial charge >= 0.3 is 0 Å². The molecule has 0 aromatic heterocycles. The van der Waals surface area contributed by atoms with Crippen LogP contribution in [0.25, 0.3) is 0 Å². The van der Waals surface area contributed by atoms with Crippen molar-refractivity contribution < 1.29 is 9.59 Å². The zero-order valence-corrected chi connectivity index (χ0v) is 10.5. The average molecular weight is 236 g/mol. The number of hydrogen-bond donors (Lipinski definition) is 1. The first-order valence-corrected chi connectivity index (χ1v) is 6.11. The molecule has 17 heavy (non-hydrogen) atoms. The predicted octanol–water partition coefficient (Wildman–Crippen LogP) is 0.773. The molecule has 1 saturated heterocycles. The van der Waals surface area contributed by atoms with E-state index < -0.39 is 6.04 Å². The fourth-order valence-electron chi connectivity index (χ4n) is 1.89. The minimum Gasteiger partial charge on any atom is -0.344 e. The molecule has 0 aromatic rings. The second-order valence-electron chi connectivity index (χ2n) is 4.46. The van der Waals surface area contributed by atoms with Gasteiger partial charge in [-0.3, -0.25) is 9.59 Å². The fraction of sp³-hybridized carbons (Fsp3) is 0.692. The smallest absolute Gasteiger partial charge is 0.245 e. The zero-order chi connectivity index (χ0) is 12.8. The van der Waals surface area contributed by atoms with Crippen molar-refractivity contribution in [1.82, 2.24) is 10.2 Å². The van der Waals surface area contributed by atoms with Crippen molar-refractivity contribution in [3.05, 3.63) is 0 Å². The topological polar surface area (TPSA) is 49.4 Å². The number of carbonyl (C=O) groups is 2. The second kappa shape index (κ2) is 6.29. The van der Waals surface area contributed by atoms with Gasteiger partial charge in [0.05, 0.1) is 0 Å². The van der Waals surface area contributed by atoms with E-state index in [9.17, 15) is 9.59 Å². The van der Waals surface area contributed by atoms with Crippen LogP contribution < -0.4 is 5.32 Å². The summed E-state index contributed by atoms with van der Waals surface area (Å²) in [4.78, 5) is 25.5. The van der Waals surface area contributed by atoms with Gasteiger partial charge in [0, 0.05) is 25.9 Å². The lowest BCUT2D eigenvalue weighted by Gasteiger charge is -2.26. The molecule has 4 heteroatoms. The molecule has 1 fully saturated rings. The molecule has 0 radical (unpaired) electrons. The number of nitrogens with one attached hydrogen (secondary N) is 1. The van der Waals surface area contributed by atoms with Crippen LogP contribution in [0.3, 0.4) is 0 Å². The normalized spacial score (nSPS) is 22.6. The average Bonchev–Trinajstić information content (AvgIpc) is 2.47. The van der Waals surface area contributed by atoms with Crippen molar-refractivity contribution in [1.29, 1.82) is 0 Å². The van der Waals surface area contributed by atoms with Crippen molar-refractivity contribution in [3.63, 3.8) is 0 Å². The first kappa shape index (κ1) is 13.6. The Morgan fingerprint density at radius 3 is 2.88 bits per heavy atom. The number of hydrogen-bond acceptors (Lipinski definition) is 2. The van der Waals surface area contributed by atoms with E-state index in [2.05, 4.69) is 11.2 Å². The SMILES string of the molecule is C#CCCN1CCC(=O)NC(C(C)CC)C1=O. The third-order valence-corrected chi connectivity index (χ3v) is 3.24. The third-order valence-electron chi connectivity index (χ3n) is 3.24. The van der Waals surface area contributed by atoms with Crippen LogP contribution in [0.2, 0.25) is 0 Å². The number of rotatable bonds is 4. The summed E-state index contributed by atoms with van der Waals surface area (Å²) in [6.45, 7) is 5.00. The van der Waals surface area contributed by atoms with Gasteiger partial charge in [-0.25, -0.2) is 0 Å². The molecule has 0 aromatic carbocycles. The Bertz CT molecular complexity index is 333. The molecule has 1 heterocycles. The monoisotopic (exact) mass is 236 g/mol. The van der Waals surface area contributed by atoms with E-state index in [1.165, 1.54) is 0 Å². The van der Waals surface area contributed by atoms with Crippen LogP contribution in [0.4, 0.5) is 0 Å². The summed E-state index contributed by atoms with van der Waals surface area (Å²) in [5.74, 6) is 2.63. The summed E-state index contributed by atoms with van der Waals surface area (Å²) in [5, 5.41) is 2.80. The van der Waals surface area contributed by atoms with Gasteiger partial charge in [-0.15, -0.1) is 12.3 Å². The third kappa shape index (κ3) is 3.48. The lowest BCUT2D eigenvalue weighted by atomic mass is 9.98. The summed E-state index contributed by atoms with van der Waals surface area (Å²) in [6.07, 6.45) is 6.97. The van der Waals surface area contributed by atoms with Crippen molar-refractivity contribution in [2.45, 2.75) is 39.2 Å². The standard InChI is InChI=1S/C13H20N2O2/c1-4-6-8-15-9-7-11(16)14-12(13(15)17)10(3)5-2/h1,10,12H,5-9H2,2-3H3,(H,14,16). The van der Waals surface area contributed by atoms with Crippen molar-refractivity contribution in [3.8, 4) is 12.3 Å². The van der Waals surface area contributed by atoms with E-state index in [1.807, 2.05) is 13.8 Å². The van der Waals surface area contributed by atoms with Gasteiger partial charge in [0.1, 0.15) is 6.04 Å². The second-order valence-corrected chi connectivity index (χ2v) is 4.46. The molecule has 4 nitrogen and oxygen atoms in total. The molecule has 1 aliphatic rings. The highest BCUT2D eigenvalue weighted by molar-refractivity contribution is 5.90. The summed E-state index contributed by atoms with van der Waals surface area (Å²) < 4.78 is 0. The van der Waals surface area contributed by atoms with Gasteiger partial charge in [0.15, 0.2) is 0 Å². The van der Waals surface area contributed by atoms with E-state index in [1.54, 1.807) is 4.90 Å². The van der Waals surface area contributed by atoms with Crippen molar-refractivity contribution >= 4 is 11.8 Å². The zero-order valence-electron chi connectivity index (χ0n) is 10.5. The van der Waals surface area contributed by atoms with E-state index >= 15 is 0 Å². The fourth-order valence-corrected chi connectivity index (χ4v) is 1.89. The van der Waals surface area contributed by atoms with E-state index in [0.29, 0.717) is 25.9 Å². The highest BCUT2D eigenvalue weighted by atomic mass is 16.2. The lowest BCUT2D eigenvalue weighted by Crippen LogP contribution is -2.48. The van der Waals surface area contributed by atoms with Crippen LogP contribution in [0.1, 0.15) is 33.1 Å². The molecule has 0 spiro atoms. The Kier molecular flexibility index (Phi) is 5.02. The molecule has 2 unspecified atom stereocenters. The maximum Gasteiger partial charge on any atom is 0.245 e. The Morgan fingerprint density at radius 2 is 2.29 bits per heavy atom. The molecule has 94 valence electrons. The first-order chi connectivity index (χ1) is 8.10. The molecule has 2 amide bonds. The van der Waals surface area contributed by atoms with E-state index in [-0.39, 0.29) is 17.7 Å². The molecule has 2 atom stereocenters. The van der Waals surface area contributed by atoms with E-state index in [0.717, 1.165) is 6.42 Å². The Morgan fingerprint density at radius 1 is 1.59 bits per heavy atom. The lowest BCUT2D eigenvalue weighted by molar-refractivity contribution is -0.134. The predicted molar refractivity (Wildman–Crippen MR) is 66.0 cm³/mol. The molecule has 0 aliphatic carbocycles. The highest BCUT2D eigenvalue weighted by Gasteiger charge is 2.32. The maximum absolute atomic E-state index is 12.2. The first-order valence-electron chi connectivity index (χ1n) is 6.11. The number of terminal acetylenes is 1. The van der Waals surface area contributed by atoms with Gasteiger partial charge in [-0.2, -0.15) is 0 Å². The summed E-state index contributed by atoms with van der Waals surface area (Å²) >= 11 is 0. The van der Waals surface area contributed by atoms with Crippen molar-refractivity contribution in [2.75, 3.05) is 13.1 Å². The van der Waals surface area contributed by atoms with Gasteiger partial charge < -0.3 is 10.2 Å². The molecule has 1 N–H and O–H groups in total. The van der Waals surface area contributed by atoms with Crippen LogP contribution in [-0.4, -0.2) is 35.8 Å². The quantitative estimate of drug-likeness (QED) is 0.733. The van der Waals surface area contributed by atoms with Gasteiger partial charge in [0.2, 0.25) is 11.8 Å². The number of amides is 2. The molecule has 1 aliphatic heterocycles. The Balaban J connectivity index is 2.78. The van der Waals surface area contributed by atoms with E-state index in [4.69, 9.17) is 6.42 Å². The molecule has 0 bridgehead atoms. The molecule has 0 saturated carbocycles. The number of carbonyl (C=O) groups excluding carboxylic acids is 2. The summed E-state index contributed by atoms with van der Waals surface area (Å²) in [6, 6.07) is -0.396. The van der Waals surface area contributed by atoms with Crippen LogP contribution in [0.5, 0.6) is 0 Å². The number of nitrogens with zero attached hydrogens (tertiary/aromatic N) is 1. The van der Waals surface area contributed by atoms with Crippen LogP contribution >= 0.6 is 0 Å². The highest BCUT2D eigenvalue weighted by Crippen LogP contribution is 2.14. The molecular weight excluding hydrogens is 216 g/mol. The van der Waals surface area contributed by atoms with Gasteiger partial charge in [-0.05, 0) is 5.92 Å². The Hall–Kier alpha value is -1.50. The van der Waals surface area contributed by atoms with Crippen LogP contribution in [0, 0.1) is 18.3 Å². The summed E-state index contributed by atoms with van der Waals surface area (Å²) in [7, 11) is 0. The van der Waals surface area contributed by atoms with Gasteiger partial charge in [0.25, 0.3) is 0 Å². The van der Waals surface area contributed by atoms with Crippen molar-refractivity contribution in [2.24, 2.45) is 5.92 Å². The summed E-state index contributed by atoms with van der Waals surface area (Å²) in [5.41, 5.74) is 0. The van der Waals surface area contributed by atoms with Gasteiger partial charge in [-0.1, -0.05) is 20.3 Å². The minimum atomic E-state index is -0.396. The molecular formula is C13H20N2O2. The Labute approximate surface area is 103 Å².